The summed E-state index contributed by atoms with van der Waals surface area (Å²) < 4.78 is 94.3. The third-order valence-corrected chi connectivity index (χ3v) is 8.90. The van der Waals surface area contributed by atoms with Crippen LogP contribution < -0.4 is 15.0 Å². The molecule has 3 saturated heterocycles. The molecule has 4 aliphatic rings. The second-order valence-electron chi connectivity index (χ2n) is 11.7. The monoisotopic (exact) mass is 617 g/mol. The fourth-order valence-electron chi connectivity index (χ4n) is 6.47. The summed E-state index contributed by atoms with van der Waals surface area (Å²) in [7, 11) is 0. The Morgan fingerprint density at radius 3 is 2.23 bits per heavy atom. The first-order valence-electron chi connectivity index (χ1n) is 14.5. The van der Waals surface area contributed by atoms with E-state index in [2.05, 4.69) is 25.3 Å². The Labute approximate surface area is 243 Å². The van der Waals surface area contributed by atoms with Crippen molar-refractivity contribution < 1.29 is 40.6 Å². The number of hydrogen-bond donors (Lipinski definition) is 1. The summed E-state index contributed by atoms with van der Waals surface area (Å²) in [6, 6.07) is 0.164. The number of carbonyl (C=O) groups is 1. The van der Waals surface area contributed by atoms with Crippen LogP contribution in [0.4, 0.5) is 32.2 Å². The van der Waals surface area contributed by atoms with E-state index in [0.29, 0.717) is 38.9 Å². The fraction of sp³-hybridized carbons (Fsp3) is 0.704. The van der Waals surface area contributed by atoms with Crippen molar-refractivity contribution in [3.05, 3.63) is 29.0 Å². The van der Waals surface area contributed by atoms with Crippen molar-refractivity contribution in [1.29, 1.82) is 0 Å². The van der Waals surface area contributed by atoms with Gasteiger partial charge in [-0.25, -0.2) is 14.8 Å². The van der Waals surface area contributed by atoms with E-state index >= 15 is 0 Å². The average molecular weight is 618 g/mol. The molecule has 10 nitrogen and oxygen atoms in total. The lowest BCUT2D eigenvalue weighted by Crippen LogP contribution is -2.52. The van der Waals surface area contributed by atoms with E-state index < -0.39 is 41.6 Å². The van der Waals surface area contributed by atoms with Crippen molar-refractivity contribution in [1.82, 2.24) is 30.0 Å². The van der Waals surface area contributed by atoms with Gasteiger partial charge in [0.05, 0.1) is 31.1 Å². The van der Waals surface area contributed by atoms with Crippen molar-refractivity contribution in [2.45, 2.75) is 68.9 Å². The van der Waals surface area contributed by atoms with Crippen molar-refractivity contribution >= 4 is 11.8 Å². The number of piperazine rings is 1. The van der Waals surface area contributed by atoms with Crippen LogP contribution in [0.5, 0.6) is 5.75 Å². The van der Waals surface area contributed by atoms with Crippen molar-refractivity contribution in [3.8, 4) is 5.75 Å². The quantitative estimate of drug-likeness (QED) is 0.386. The third kappa shape index (κ3) is 6.05. The molecule has 0 unspecified atom stereocenters. The van der Waals surface area contributed by atoms with Crippen LogP contribution in [0.1, 0.15) is 66.3 Å². The van der Waals surface area contributed by atoms with Crippen molar-refractivity contribution in [2.24, 2.45) is 0 Å². The van der Waals surface area contributed by atoms with Gasteiger partial charge in [0.2, 0.25) is 5.82 Å². The predicted molar refractivity (Wildman–Crippen MR) is 140 cm³/mol. The zero-order chi connectivity index (χ0) is 30.5. The highest BCUT2D eigenvalue weighted by atomic mass is 19.4. The fourth-order valence-corrected chi connectivity index (χ4v) is 6.47. The molecule has 0 amide bonds. The lowest BCUT2D eigenvalue weighted by molar-refractivity contribution is -0.189. The topological polar surface area (TPSA) is 97.6 Å². The molecule has 5 heterocycles. The molecule has 43 heavy (non-hydrogen) atoms. The van der Waals surface area contributed by atoms with Gasteiger partial charge < -0.3 is 19.7 Å². The summed E-state index contributed by atoms with van der Waals surface area (Å²) in [5.41, 5.74) is 1.70. The molecule has 0 radical (unpaired) electrons. The van der Waals surface area contributed by atoms with Gasteiger partial charge >= 0.3 is 18.3 Å². The van der Waals surface area contributed by atoms with Gasteiger partial charge in [0.1, 0.15) is 0 Å². The number of ether oxygens (including phenoxy) is 2. The lowest BCUT2D eigenvalue weighted by atomic mass is 9.76. The lowest BCUT2D eigenvalue weighted by Gasteiger charge is -2.45. The molecule has 0 bridgehead atoms. The number of nitrogens with one attached hydrogen (secondary N) is 1. The van der Waals surface area contributed by atoms with Crippen LogP contribution in [0.25, 0.3) is 0 Å². The minimum atomic E-state index is -5.35. The number of esters is 1. The Bertz CT molecular complexity index is 1330. The Morgan fingerprint density at radius 1 is 0.977 bits per heavy atom. The number of halogens is 6. The normalized spacial score (nSPS) is 24.5. The highest BCUT2D eigenvalue weighted by Crippen LogP contribution is 2.47. The SMILES string of the molecule is Cc1cnn(C2COC2)c1C1CCN(c2nc(C(F)(F)F)nc(C3CC(N4CCNCC4)C3)c2OC(=O)C(F)(F)F)CC1. The number of piperidine rings is 1. The summed E-state index contributed by atoms with van der Waals surface area (Å²) in [5.74, 6) is -5.64. The first-order valence-corrected chi connectivity index (χ1v) is 14.5. The van der Waals surface area contributed by atoms with Crippen LogP contribution in [-0.2, 0) is 15.7 Å². The number of hydrogen-bond acceptors (Lipinski definition) is 9. The van der Waals surface area contributed by atoms with E-state index in [1.54, 1.807) is 6.20 Å². The Hall–Kier alpha value is -2.98. The molecule has 16 heteroatoms. The van der Waals surface area contributed by atoms with Gasteiger partial charge in [-0.3, -0.25) is 9.58 Å². The minimum absolute atomic E-state index is 0.0235. The highest BCUT2D eigenvalue weighted by molar-refractivity contribution is 5.80. The van der Waals surface area contributed by atoms with Gasteiger partial charge in [-0.15, -0.1) is 0 Å². The first-order chi connectivity index (χ1) is 20.4. The number of alkyl halides is 6. The standard InChI is InChI=1S/C27H33F6N7O3/c1-15-12-35-40(19-13-42-14-19)21(15)16-2-6-39(7-3-16)23-22(43-25(41)27(31,32)33)20(36-24(37-23)26(28,29)30)17-10-18(11-17)38-8-4-34-5-9-38/h12,16-19,34H,2-11,13-14H2,1H3. The smallest absolute Gasteiger partial charge is 0.414 e. The summed E-state index contributed by atoms with van der Waals surface area (Å²) in [6.07, 6.45) is -6.78. The van der Waals surface area contributed by atoms with Crippen LogP contribution in [0, 0.1) is 6.92 Å². The third-order valence-electron chi connectivity index (χ3n) is 8.90. The molecular weight excluding hydrogens is 584 g/mol. The van der Waals surface area contributed by atoms with Crippen LogP contribution in [0.3, 0.4) is 0 Å². The molecule has 0 spiro atoms. The Morgan fingerprint density at radius 2 is 1.65 bits per heavy atom. The number of aryl methyl sites for hydroxylation is 1. The van der Waals surface area contributed by atoms with Gasteiger partial charge in [0.15, 0.2) is 11.6 Å². The van der Waals surface area contributed by atoms with Crippen LogP contribution >= 0.6 is 0 Å². The summed E-state index contributed by atoms with van der Waals surface area (Å²) in [4.78, 5) is 23.1. The molecule has 3 aliphatic heterocycles. The van der Waals surface area contributed by atoms with E-state index in [0.717, 1.165) is 37.4 Å². The molecule has 1 aliphatic carbocycles. The molecule has 1 saturated carbocycles. The maximum absolute atomic E-state index is 14.0. The number of rotatable bonds is 6. The van der Waals surface area contributed by atoms with E-state index in [1.165, 1.54) is 4.90 Å². The Kier molecular flexibility index (Phi) is 8.04. The number of aromatic nitrogens is 4. The van der Waals surface area contributed by atoms with E-state index in [-0.39, 0.29) is 36.8 Å². The van der Waals surface area contributed by atoms with Crippen molar-refractivity contribution in [3.63, 3.8) is 0 Å². The molecule has 2 aromatic rings. The number of anilines is 1. The van der Waals surface area contributed by atoms with E-state index in [1.807, 2.05) is 11.6 Å². The second kappa shape index (κ2) is 11.5. The van der Waals surface area contributed by atoms with Crippen molar-refractivity contribution in [2.75, 3.05) is 57.4 Å². The number of nitrogens with zero attached hydrogens (tertiary/aromatic N) is 6. The molecule has 2 aromatic heterocycles. The van der Waals surface area contributed by atoms with Crippen LogP contribution in [0.15, 0.2) is 6.20 Å². The second-order valence-corrected chi connectivity index (χ2v) is 11.7. The zero-order valence-electron chi connectivity index (χ0n) is 23.5. The molecule has 1 N–H and O–H groups in total. The summed E-state index contributed by atoms with van der Waals surface area (Å²) in [6.45, 7) is 6.48. The number of carbonyl (C=O) groups excluding carboxylic acids is 1. The first kappa shape index (κ1) is 30.1. The Balaban J connectivity index is 1.30. The van der Waals surface area contributed by atoms with E-state index in [4.69, 9.17) is 9.47 Å². The van der Waals surface area contributed by atoms with Gasteiger partial charge in [0, 0.05) is 62.8 Å². The van der Waals surface area contributed by atoms with Gasteiger partial charge in [0.25, 0.3) is 0 Å². The van der Waals surface area contributed by atoms with Gasteiger partial charge in [-0.1, -0.05) is 0 Å². The van der Waals surface area contributed by atoms with E-state index in [9.17, 15) is 31.1 Å². The minimum Gasteiger partial charge on any atom is -0.414 e. The van der Waals surface area contributed by atoms with Crippen LogP contribution in [-0.4, -0.2) is 95.3 Å². The highest BCUT2D eigenvalue weighted by Gasteiger charge is 2.47. The van der Waals surface area contributed by atoms with Gasteiger partial charge in [-0.05, 0) is 38.2 Å². The maximum atomic E-state index is 14.0. The molecule has 0 atom stereocenters. The van der Waals surface area contributed by atoms with Gasteiger partial charge in [-0.2, -0.15) is 31.4 Å². The zero-order valence-corrected chi connectivity index (χ0v) is 23.5. The predicted octanol–water partition coefficient (Wildman–Crippen LogP) is 3.57. The summed E-state index contributed by atoms with van der Waals surface area (Å²) in [5, 5.41) is 7.73. The molecule has 4 fully saturated rings. The molecule has 0 aromatic carbocycles. The molecule has 236 valence electrons. The van der Waals surface area contributed by atoms with Crippen LogP contribution in [0.2, 0.25) is 0 Å². The average Bonchev–Trinajstić information content (AvgIpc) is 3.27. The molecule has 6 rings (SSSR count). The molecular formula is C27H33F6N7O3. The summed E-state index contributed by atoms with van der Waals surface area (Å²) >= 11 is 0. The largest absolute Gasteiger partial charge is 0.491 e. The maximum Gasteiger partial charge on any atom is 0.491 e.